The number of carbonyl (C=O) groups excluding carboxylic acids is 3. The Balaban J connectivity index is 1.59. The van der Waals surface area contributed by atoms with Gasteiger partial charge in [-0.25, -0.2) is 0 Å². The second-order valence-electron chi connectivity index (χ2n) is 5.95. The molecule has 2 aliphatic rings. The number of halogens is 2. The number of benzene rings is 1. The highest BCUT2D eigenvalue weighted by Gasteiger charge is 2.39. The van der Waals surface area contributed by atoms with Gasteiger partial charge in [0.15, 0.2) is 0 Å². The van der Waals surface area contributed by atoms with Crippen LogP contribution in [0.3, 0.4) is 0 Å². The van der Waals surface area contributed by atoms with E-state index in [-0.39, 0.29) is 17.7 Å². The Morgan fingerprint density at radius 2 is 2.12 bits per heavy atom. The van der Waals surface area contributed by atoms with Gasteiger partial charge in [0.2, 0.25) is 17.7 Å². The van der Waals surface area contributed by atoms with Gasteiger partial charge in [-0.1, -0.05) is 29.3 Å². The van der Waals surface area contributed by atoms with E-state index in [9.17, 15) is 14.4 Å². The number of rotatable bonds is 4. The first-order valence-corrected chi connectivity index (χ1v) is 9.76. The van der Waals surface area contributed by atoms with Crippen molar-refractivity contribution in [2.75, 3.05) is 11.6 Å². The number of nitrogens with one attached hydrogen (secondary N) is 2. The summed E-state index contributed by atoms with van der Waals surface area (Å²) in [6.07, 6.45) is 0.835. The van der Waals surface area contributed by atoms with Crippen molar-refractivity contribution < 1.29 is 14.4 Å². The lowest BCUT2D eigenvalue weighted by atomic mass is 10.1. The van der Waals surface area contributed by atoms with Crippen molar-refractivity contribution in [1.29, 1.82) is 0 Å². The zero-order valence-electron chi connectivity index (χ0n) is 13.3. The third-order valence-corrected chi connectivity index (χ3v) is 5.96. The van der Waals surface area contributed by atoms with E-state index >= 15 is 0 Å². The third-order valence-electron chi connectivity index (χ3n) is 4.21. The van der Waals surface area contributed by atoms with E-state index in [1.54, 1.807) is 23.1 Å². The summed E-state index contributed by atoms with van der Waals surface area (Å²) in [6.45, 7) is 0.305. The molecule has 3 amide bonds. The Kier molecular flexibility index (Phi) is 5.76. The summed E-state index contributed by atoms with van der Waals surface area (Å²) in [5.74, 6) is 0.473. The van der Waals surface area contributed by atoms with E-state index in [0.717, 1.165) is 5.56 Å². The lowest BCUT2D eigenvalue weighted by Crippen LogP contribution is -2.52. The quantitative estimate of drug-likeness (QED) is 0.805. The molecule has 1 aromatic carbocycles. The number of amides is 3. The highest BCUT2D eigenvalue weighted by molar-refractivity contribution is 7.99. The van der Waals surface area contributed by atoms with Crippen LogP contribution in [0.25, 0.3) is 0 Å². The van der Waals surface area contributed by atoms with Crippen LogP contribution in [-0.2, 0) is 20.9 Å². The first kappa shape index (κ1) is 18.4. The van der Waals surface area contributed by atoms with Gasteiger partial charge < -0.3 is 15.5 Å². The van der Waals surface area contributed by atoms with Crippen molar-refractivity contribution in [3.63, 3.8) is 0 Å². The highest BCUT2D eigenvalue weighted by atomic mass is 35.5. The molecule has 25 heavy (non-hydrogen) atoms. The Labute approximate surface area is 159 Å². The van der Waals surface area contributed by atoms with E-state index in [2.05, 4.69) is 10.6 Å². The minimum Gasteiger partial charge on any atom is -0.350 e. The minimum atomic E-state index is -0.530. The van der Waals surface area contributed by atoms with Crippen LogP contribution in [0.5, 0.6) is 0 Å². The standard InChI is InChI=1S/C16H17Cl2N3O3S/c17-10-2-1-9(5-11(10)18)6-19-15(23)13-7-25-8-21(13)16(24)12-3-4-14(22)20-12/h1-2,5,12-13H,3-4,6-8H2,(H,19,23)(H,20,22)/t12?,13-/m1/s1. The Morgan fingerprint density at radius 1 is 1.32 bits per heavy atom. The summed E-state index contributed by atoms with van der Waals surface area (Å²) < 4.78 is 0. The van der Waals surface area contributed by atoms with Crippen LogP contribution in [0.4, 0.5) is 0 Å². The van der Waals surface area contributed by atoms with Gasteiger partial charge in [-0.2, -0.15) is 0 Å². The molecule has 2 fully saturated rings. The summed E-state index contributed by atoms with van der Waals surface area (Å²) in [7, 11) is 0. The lowest BCUT2D eigenvalue weighted by Gasteiger charge is -2.25. The Hall–Kier alpha value is -1.44. The van der Waals surface area contributed by atoms with Crippen molar-refractivity contribution in [2.24, 2.45) is 0 Å². The number of hydrogen-bond donors (Lipinski definition) is 2. The average Bonchev–Trinajstić information content (AvgIpc) is 3.24. The van der Waals surface area contributed by atoms with Gasteiger partial charge in [-0.3, -0.25) is 14.4 Å². The van der Waals surface area contributed by atoms with Gasteiger partial charge in [0, 0.05) is 18.7 Å². The summed E-state index contributed by atoms with van der Waals surface area (Å²) >= 11 is 13.4. The van der Waals surface area contributed by atoms with E-state index < -0.39 is 12.1 Å². The fraction of sp³-hybridized carbons (Fsp3) is 0.438. The smallest absolute Gasteiger partial charge is 0.246 e. The maximum atomic E-state index is 12.6. The Bertz CT molecular complexity index is 716. The molecule has 2 heterocycles. The molecule has 0 radical (unpaired) electrons. The zero-order chi connectivity index (χ0) is 18.0. The van der Waals surface area contributed by atoms with Gasteiger partial charge in [-0.05, 0) is 24.1 Å². The van der Waals surface area contributed by atoms with Crippen LogP contribution < -0.4 is 10.6 Å². The molecule has 6 nitrogen and oxygen atoms in total. The van der Waals surface area contributed by atoms with Crippen LogP contribution in [0.1, 0.15) is 18.4 Å². The van der Waals surface area contributed by atoms with Gasteiger partial charge in [-0.15, -0.1) is 11.8 Å². The van der Waals surface area contributed by atoms with Crippen LogP contribution in [0.15, 0.2) is 18.2 Å². The second kappa shape index (κ2) is 7.85. The van der Waals surface area contributed by atoms with Crippen molar-refractivity contribution >= 4 is 52.7 Å². The van der Waals surface area contributed by atoms with E-state index in [1.807, 2.05) is 0 Å². The minimum absolute atomic E-state index is 0.120. The van der Waals surface area contributed by atoms with Crippen molar-refractivity contribution in [3.8, 4) is 0 Å². The predicted molar refractivity (Wildman–Crippen MR) is 97.4 cm³/mol. The molecule has 9 heteroatoms. The fourth-order valence-electron chi connectivity index (χ4n) is 2.83. The van der Waals surface area contributed by atoms with Crippen LogP contribution in [0.2, 0.25) is 10.0 Å². The topological polar surface area (TPSA) is 78.5 Å². The van der Waals surface area contributed by atoms with Crippen LogP contribution >= 0.6 is 35.0 Å². The molecule has 2 aliphatic heterocycles. The number of hydrogen-bond acceptors (Lipinski definition) is 4. The zero-order valence-corrected chi connectivity index (χ0v) is 15.6. The molecule has 1 aromatic rings. The van der Waals surface area contributed by atoms with Gasteiger partial charge in [0.05, 0.1) is 15.9 Å². The molecule has 134 valence electrons. The number of nitrogens with zero attached hydrogens (tertiary/aromatic N) is 1. The molecule has 0 saturated carbocycles. The molecule has 0 spiro atoms. The van der Waals surface area contributed by atoms with Crippen molar-refractivity contribution in [2.45, 2.75) is 31.5 Å². The van der Waals surface area contributed by atoms with Crippen molar-refractivity contribution in [1.82, 2.24) is 15.5 Å². The molecule has 0 bridgehead atoms. The van der Waals surface area contributed by atoms with Crippen LogP contribution in [-0.4, -0.2) is 46.3 Å². The number of thioether (sulfide) groups is 1. The molecule has 1 unspecified atom stereocenters. The van der Waals surface area contributed by atoms with Gasteiger partial charge in [0.1, 0.15) is 12.1 Å². The highest BCUT2D eigenvalue weighted by Crippen LogP contribution is 2.25. The first-order chi connectivity index (χ1) is 12.0. The van der Waals surface area contributed by atoms with Gasteiger partial charge in [0.25, 0.3) is 0 Å². The maximum Gasteiger partial charge on any atom is 0.246 e. The predicted octanol–water partition coefficient (Wildman–Crippen LogP) is 1.79. The monoisotopic (exact) mass is 401 g/mol. The van der Waals surface area contributed by atoms with E-state index in [0.29, 0.717) is 41.1 Å². The summed E-state index contributed by atoms with van der Waals surface area (Å²) in [4.78, 5) is 37.9. The molecule has 3 rings (SSSR count). The molecule has 2 atom stereocenters. The average molecular weight is 402 g/mol. The van der Waals surface area contributed by atoms with E-state index in [1.165, 1.54) is 11.8 Å². The van der Waals surface area contributed by atoms with Gasteiger partial charge >= 0.3 is 0 Å². The summed E-state index contributed by atoms with van der Waals surface area (Å²) in [5.41, 5.74) is 0.828. The lowest BCUT2D eigenvalue weighted by molar-refractivity contribution is -0.139. The van der Waals surface area contributed by atoms with Crippen LogP contribution in [0, 0.1) is 0 Å². The van der Waals surface area contributed by atoms with E-state index in [4.69, 9.17) is 23.2 Å². The molecule has 0 aliphatic carbocycles. The fourth-order valence-corrected chi connectivity index (χ4v) is 4.32. The SMILES string of the molecule is O=C1CCC(C(=O)N2CSC[C@@H]2C(=O)NCc2ccc(Cl)c(Cl)c2)N1. The first-order valence-electron chi connectivity index (χ1n) is 7.85. The molecular formula is C16H17Cl2N3O3S. The van der Waals surface area contributed by atoms with Crippen molar-refractivity contribution in [3.05, 3.63) is 33.8 Å². The summed E-state index contributed by atoms with van der Waals surface area (Å²) in [5, 5.41) is 6.38. The molecule has 2 saturated heterocycles. The molecule has 2 N–H and O–H groups in total. The normalized spacial score (nSPS) is 22.8. The molecular weight excluding hydrogens is 385 g/mol. The largest absolute Gasteiger partial charge is 0.350 e. The summed E-state index contributed by atoms with van der Waals surface area (Å²) in [6, 6.07) is 4.11. The maximum absolute atomic E-state index is 12.6. The Morgan fingerprint density at radius 3 is 2.80 bits per heavy atom. The third kappa shape index (κ3) is 4.22. The second-order valence-corrected chi connectivity index (χ2v) is 7.76. The number of carbonyl (C=O) groups is 3. The molecule has 0 aromatic heterocycles.